The van der Waals surface area contributed by atoms with Crippen LogP contribution in [0.25, 0.3) is 0 Å². The average Bonchev–Trinajstić information content (AvgIpc) is 2.86. The van der Waals surface area contributed by atoms with Gasteiger partial charge in [-0.15, -0.1) is 0 Å². The molecule has 1 amide bonds. The first kappa shape index (κ1) is 20.1. The Morgan fingerprint density at radius 3 is 2.42 bits per heavy atom. The number of aliphatic hydroxyl groups excluding tert-OH is 1. The number of carbonyl (C=O) groups excluding carboxylic acids is 2. The number of amides is 1. The first-order valence-corrected chi connectivity index (χ1v) is 9.14. The highest BCUT2D eigenvalue weighted by molar-refractivity contribution is 6.10. The Labute approximate surface area is 155 Å². The van der Waals surface area contributed by atoms with Crippen molar-refractivity contribution in [1.82, 2.24) is 14.8 Å². The molecule has 1 aliphatic heterocycles. The monoisotopic (exact) mass is 359 g/mol. The summed E-state index contributed by atoms with van der Waals surface area (Å²) in [6, 6.07) is 4.75. The molecule has 0 fully saturated rings. The van der Waals surface area contributed by atoms with Crippen LogP contribution in [0.2, 0.25) is 0 Å². The van der Waals surface area contributed by atoms with E-state index in [1.54, 1.807) is 44.0 Å². The Morgan fingerprint density at radius 2 is 1.92 bits per heavy atom. The van der Waals surface area contributed by atoms with Crippen LogP contribution < -0.4 is 0 Å². The van der Waals surface area contributed by atoms with Crippen LogP contribution >= 0.6 is 0 Å². The van der Waals surface area contributed by atoms with Crippen molar-refractivity contribution in [2.45, 2.75) is 40.7 Å². The molecule has 1 aliphatic rings. The van der Waals surface area contributed by atoms with Gasteiger partial charge < -0.3 is 14.9 Å². The van der Waals surface area contributed by atoms with Gasteiger partial charge >= 0.3 is 0 Å². The Morgan fingerprint density at radius 1 is 1.27 bits per heavy atom. The van der Waals surface area contributed by atoms with Crippen LogP contribution in [-0.4, -0.2) is 57.8 Å². The summed E-state index contributed by atoms with van der Waals surface area (Å²) in [4.78, 5) is 33.8. The Bertz CT molecular complexity index is 688. The van der Waals surface area contributed by atoms with E-state index in [0.717, 1.165) is 13.1 Å². The van der Waals surface area contributed by atoms with E-state index in [2.05, 4.69) is 23.7 Å². The van der Waals surface area contributed by atoms with Gasteiger partial charge in [-0.2, -0.15) is 0 Å². The van der Waals surface area contributed by atoms with E-state index in [1.807, 2.05) is 6.07 Å². The number of Topliss-reactive ketones (excluding diaryl/α,β-unsaturated/α-hetero) is 1. The van der Waals surface area contributed by atoms with Crippen LogP contribution in [0.1, 0.15) is 46.4 Å². The minimum Gasteiger partial charge on any atom is -0.503 e. The molecule has 1 aromatic rings. The van der Waals surface area contributed by atoms with Gasteiger partial charge in [0, 0.05) is 24.7 Å². The molecule has 6 nitrogen and oxygen atoms in total. The first-order chi connectivity index (χ1) is 12.2. The summed E-state index contributed by atoms with van der Waals surface area (Å²) in [7, 11) is 0. The summed E-state index contributed by atoms with van der Waals surface area (Å²) in [5, 5.41) is 10.5. The lowest BCUT2D eigenvalue weighted by atomic mass is 9.83. The molecule has 2 rings (SSSR count). The molecule has 6 heteroatoms. The second-order valence-corrected chi connectivity index (χ2v) is 7.52. The molecule has 1 aromatic heterocycles. The van der Waals surface area contributed by atoms with E-state index in [-0.39, 0.29) is 11.4 Å². The zero-order valence-electron chi connectivity index (χ0n) is 16.3. The summed E-state index contributed by atoms with van der Waals surface area (Å²) in [5.74, 6) is -1.18. The fourth-order valence-electron chi connectivity index (χ4n) is 3.15. The van der Waals surface area contributed by atoms with Crippen molar-refractivity contribution < 1.29 is 14.7 Å². The maximum Gasteiger partial charge on any atom is 0.290 e. The highest BCUT2D eigenvalue weighted by Gasteiger charge is 2.46. The van der Waals surface area contributed by atoms with E-state index in [4.69, 9.17) is 0 Å². The fraction of sp³-hybridized carbons (Fsp3) is 0.550. The molecule has 0 saturated carbocycles. The number of hydrogen-bond acceptors (Lipinski definition) is 5. The van der Waals surface area contributed by atoms with Gasteiger partial charge in [0.2, 0.25) is 0 Å². The van der Waals surface area contributed by atoms with Crippen LogP contribution in [0.4, 0.5) is 0 Å². The SMILES string of the molecule is CCN(CC)CCN1C(=O)C(O)=C(C(=O)C(C)(C)C)C1c1ccccn1. The second kappa shape index (κ2) is 7.99. The number of nitrogens with zero attached hydrogens (tertiary/aromatic N) is 3. The number of rotatable bonds is 7. The van der Waals surface area contributed by atoms with Crippen LogP contribution in [0.3, 0.4) is 0 Å². The third kappa shape index (κ3) is 3.96. The van der Waals surface area contributed by atoms with Gasteiger partial charge in [-0.3, -0.25) is 14.6 Å². The Kier molecular flexibility index (Phi) is 6.18. The quantitative estimate of drug-likeness (QED) is 0.810. The van der Waals surface area contributed by atoms with E-state index in [9.17, 15) is 14.7 Å². The highest BCUT2D eigenvalue weighted by Crippen LogP contribution is 2.39. The van der Waals surface area contributed by atoms with Crippen molar-refractivity contribution in [2.24, 2.45) is 5.41 Å². The van der Waals surface area contributed by atoms with Crippen LogP contribution in [-0.2, 0) is 9.59 Å². The predicted molar refractivity (Wildman–Crippen MR) is 101 cm³/mol. The molecule has 2 heterocycles. The molecular formula is C20H29N3O3. The molecule has 0 aromatic carbocycles. The van der Waals surface area contributed by atoms with Crippen LogP contribution in [0, 0.1) is 5.41 Å². The largest absolute Gasteiger partial charge is 0.503 e. The van der Waals surface area contributed by atoms with Crippen molar-refractivity contribution in [3.63, 3.8) is 0 Å². The third-order valence-corrected chi connectivity index (χ3v) is 4.75. The summed E-state index contributed by atoms with van der Waals surface area (Å²) < 4.78 is 0. The summed E-state index contributed by atoms with van der Waals surface area (Å²) in [6.07, 6.45) is 1.64. The van der Waals surface area contributed by atoms with Gasteiger partial charge in [0.05, 0.1) is 11.3 Å². The summed E-state index contributed by atoms with van der Waals surface area (Å²) in [6.45, 7) is 12.3. The zero-order valence-corrected chi connectivity index (χ0v) is 16.3. The minimum atomic E-state index is -0.703. The standard InChI is InChI=1S/C20H29N3O3/c1-6-22(7-2)12-13-23-16(14-10-8-9-11-21-14)15(17(24)19(23)26)18(25)20(3,4)5/h8-11,16,24H,6-7,12-13H2,1-5H3. The maximum absolute atomic E-state index is 13.0. The molecule has 1 N–H and O–H groups in total. The molecule has 0 spiro atoms. The molecule has 26 heavy (non-hydrogen) atoms. The van der Waals surface area contributed by atoms with Crippen molar-refractivity contribution >= 4 is 11.7 Å². The number of aliphatic hydroxyl groups is 1. The predicted octanol–water partition coefficient (Wildman–Crippen LogP) is 2.73. The van der Waals surface area contributed by atoms with Crippen molar-refractivity contribution in [3.05, 3.63) is 41.4 Å². The minimum absolute atomic E-state index is 0.153. The fourth-order valence-corrected chi connectivity index (χ4v) is 3.15. The average molecular weight is 359 g/mol. The second-order valence-electron chi connectivity index (χ2n) is 7.52. The smallest absolute Gasteiger partial charge is 0.290 e. The zero-order chi connectivity index (χ0) is 19.5. The van der Waals surface area contributed by atoms with Gasteiger partial charge in [0.1, 0.15) is 6.04 Å². The van der Waals surface area contributed by atoms with Crippen LogP contribution in [0.5, 0.6) is 0 Å². The summed E-state index contributed by atoms with van der Waals surface area (Å²) >= 11 is 0. The third-order valence-electron chi connectivity index (χ3n) is 4.75. The van der Waals surface area contributed by atoms with Gasteiger partial charge in [0.25, 0.3) is 5.91 Å². The number of pyridine rings is 1. The topological polar surface area (TPSA) is 73.7 Å². The van der Waals surface area contributed by atoms with Crippen molar-refractivity contribution in [3.8, 4) is 0 Å². The molecule has 1 atom stereocenters. The number of likely N-dealkylation sites (N-methyl/N-ethyl adjacent to an activating group) is 1. The normalized spacial score (nSPS) is 18.2. The van der Waals surface area contributed by atoms with E-state index < -0.39 is 23.1 Å². The number of aromatic nitrogens is 1. The van der Waals surface area contributed by atoms with Crippen molar-refractivity contribution in [2.75, 3.05) is 26.2 Å². The lowest BCUT2D eigenvalue weighted by molar-refractivity contribution is -0.129. The number of ketones is 1. The number of carbonyl (C=O) groups is 2. The van der Waals surface area contributed by atoms with Crippen LogP contribution in [0.15, 0.2) is 35.7 Å². The number of hydrogen-bond donors (Lipinski definition) is 1. The van der Waals surface area contributed by atoms with E-state index >= 15 is 0 Å². The maximum atomic E-state index is 13.0. The highest BCUT2D eigenvalue weighted by atomic mass is 16.3. The lowest BCUT2D eigenvalue weighted by Gasteiger charge is -2.30. The van der Waals surface area contributed by atoms with Gasteiger partial charge in [-0.1, -0.05) is 40.7 Å². The first-order valence-electron chi connectivity index (χ1n) is 9.14. The van der Waals surface area contributed by atoms with Gasteiger partial charge in [-0.05, 0) is 25.2 Å². The molecular weight excluding hydrogens is 330 g/mol. The molecule has 1 unspecified atom stereocenters. The van der Waals surface area contributed by atoms with Gasteiger partial charge in [0.15, 0.2) is 11.5 Å². The molecule has 0 aliphatic carbocycles. The molecule has 0 saturated heterocycles. The van der Waals surface area contributed by atoms with E-state index in [0.29, 0.717) is 18.8 Å². The molecule has 142 valence electrons. The Balaban J connectivity index is 2.43. The van der Waals surface area contributed by atoms with Gasteiger partial charge in [-0.25, -0.2) is 0 Å². The summed E-state index contributed by atoms with van der Waals surface area (Å²) in [5.41, 5.74) is 0.0451. The van der Waals surface area contributed by atoms with E-state index in [1.165, 1.54) is 0 Å². The Hall–Kier alpha value is -2.21. The molecule has 0 radical (unpaired) electrons. The molecule has 0 bridgehead atoms. The van der Waals surface area contributed by atoms with Crippen molar-refractivity contribution in [1.29, 1.82) is 0 Å². The lowest BCUT2D eigenvalue weighted by Crippen LogP contribution is -2.39.